The highest BCUT2D eigenvalue weighted by atomic mass is 35.5. The van der Waals surface area contributed by atoms with E-state index in [-0.39, 0.29) is 11.3 Å². The summed E-state index contributed by atoms with van der Waals surface area (Å²) < 4.78 is 1.59. The minimum Gasteiger partial charge on any atom is -0.338 e. The normalized spacial score (nSPS) is 11.1. The molecule has 1 aromatic heterocycles. The molecule has 2 N–H and O–H groups in total. The Morgan fingerprint density at radius 1 is 1.31 bits per heavy atom. The summed E-state index contributed by atoms with van der Waals surface area (Å²) in [5.74, 6) is -0.0582. The van der Waals surface area contributed by atoms with Gasteiger partial charge in [0.1, 0.15) is 0 Å². The fourth-order valence-corrected chi connectivity index (χ4v) is 3.58. The number of hydrogen-bond donors (Lipinski definition) is 2. The number of thioether (sulfide) groups is 1. The zero-order valence-corrected chi connectivity index (χ0v) is 18.5. The Bertz CT molecular complexity index is 930. The Morgan fingerprint density at radius 3 is 2.76 bits per heavy atom. The number of hydrogen-bond acceptors (Lipinski definition) is 5. The van der Waals surface area contributed by atoms with Crippen molar-refractivity contribution in [3.05, 3.63) is 33.6 Å². The Hall–Kier alpha value is -2.06. The van der Waals surface area contributed by atoms with Crippen molar-refractivity contribution in [3.63, 3.8) is 0 Å². The van der Waals surface area contributed by atoms with Gasteiger partial charge in [0.2, 0.25) is 5.91 Å². The molecule has 0 fully saturated rings. The van der Waals surface area contributed by atoms with Crippen LogP contribution in [0, 0.1) is 5.92 Å². The van der Waals surface area contributed by atoms with Gasteiger partial charge in [-0.1, -0.05) is 50.6 Å². The lowest BCUT2D eigenvalue weighted by Crippen LogP contribution is -2.40. The molecule has 1 aromatic carbocycles. The number of amides is 3. The van der Waals surface area contributed by atoms with E-state index >= 15 is 0 Å². The van der Waals surface area contributed by atoms with Crippen LogP contribution in [-0.4, -0.2) is 33.8 Å². The number of carbonyl (C=O) groups excluding carboxylic acids is 2. The molecule has 9 heteroatoms. The molecule has 0 saturated carbocycles. The summed E-state index contributed by atoms with van der Waals surface area (Å²) in [5, 5.41) is 6.34. The van der Waals surface area contributed by atoms with E-state index in [0.29, 0.717) is 40.1 Å². The molecule has 0 bridgehead atoms. The zero-order chi connectivity index (χ0) is 21.4. The number of rotatable bonds is 9. The summed E-state index contributed by atoms with van der Waals surface area (Å²) in [7, 11) is 0. The van der Waals surface area contributed by atoms with Crippen molar-refractivity contribution >= 4 is 46.2 Å². The Labute approximate surface area is 179 Å². The van der Waals surface area contributed by atoms with E-state index in [0.717, 1.165) is 31.0 Å². The van der Waals surface area contributed by atoms with Gasteiger partial charge < -0.3 is 5.32 Å². The van der Waals surface area contributed by atoms with Gasteiger partial charge in [-0.3, -0.25) is 19.5 Å². The third-order valence-electron chi connectivity index (χ3n) is 4.21. The summed E-state index contributed by atoms with van der Waals surface area (Å²) in [6, 6.07) is 4.45. The van der Waals surface area contributed by atoms with E-state index in [1.807, 2.05) is 6.92 Å². The molecule has 0 aliphatic heterocycles. The smallest absolute Gasteiger partial charge is 0.321 e. The zero-order valence-electron chi connectivity index (χ0n) is 17.0. The van der Waals surface area contributed by atoms with Crippen molar-refractivity contribution in [3.8, 4) is 0 Å². The molecule has 2 aromatic rings. The molecule has 7 nitrogen and oxygen atoms in total. The number of nitrogens with one attached hydrogen (secondary N) is 2. The van der Waals surface area contributed by atoms with Gasteiger partial charge in [-0.2, -0.15) is 0 Å². The van der Waals surface area contributed by atoms with Crippen LogP contribution in [0.25, 0.3) is 10.9 Å². The van der Waals surface area contributed by atoms with Crippen molar-refractivity contribution in [2.45, 2.75) is 51.7 Å². The number of imide groups is 1. The van der Waals surface area contributed by atoms with Gasteiger partial charge >= 0.3 is 6.03 Å². The molecule has 0 atom stereocenters. The number of aromatic nitrogens is 2. The van der Waals surface area contributed by atoms with Gasteiger partial charge in [0, 0.05) is 18.1 Å². The summed E-state index contributed by atoms with van der Waals surface area (Å²) in [4.78, 5) is 41.3. The topological polar surface area (TPSA) is 93.1 Å². The lowest BCUT2D eigenvalue weighted by molar-refractivity contribution is -0.117. The Kier molecular flexibility index (Phi) is 8.98. The SMILES string of the molecule is CCCCNC(=O)NC(=O)CSc1nc2cc(Cl)ccc2c(=O)n1CCC(C)C. The number of unbranched alkanes of at least 4 members (excludes halogenated alkanes) is 1. The van der Waals surface area contributed by atoms with E-state index in [1.165, 1.54) is 0 Å². The number of fused-ring (bicyclic) bond motifs is 1. The largest absolute Gasteiger partial charge is 0.338 e. The highest BCUT2D eigenvalue weighted by Crippen LogP contribution is 2.21. The molecule has 0 unspecified atom stereocenters. The predicted molar refractivity (Wildman–Crippen MR) is 118 cm³/mol. The Balaban J connectivity index is 2.17. The van der Waals surface area contributed by atoms with Crippen LogP contribution in [0.5, 0.6) is 0 Å². The first-order valence-corrected chi connectivity index (χ1v) is 11.1. The van der Waals surface area contributed by atoms with Crippen LogP contribution in [0.1, 0.15) is 40.0 Å². The van der Waals surface area contributed by atoms with Gasteiger partial charge in [-0.25, -0.2) is 9.78 Å². The summed E-state index contributed by atoms with van der Waals surface area (Å²) in [6.45, 7) is 7.20. The highest BCUT2D eigenvalue weighted by molar-refractivity contribution is 7.99. The average Bonchev–Trinajstić information content (AvgIpc) is 2.65. The van der Waals surface area contributed by atoms with Crippen LogP contribution in [0.15, 0.2) is 28.2 Å². The third-order valence-corrected chi connectivity index (χ3v) is 5.43. The van der Waals surface area contributed by atoms with Crippen LogP contribution in [0.2, 0.25) is 5.02 Å². The molecule has 0 radical (unpaired) electrons. The summed E-state index contributed by atoms with van der Waals surface area (Å²) in [5.41, 5.74) is 0.330. The van der Waals surface area contributed by atoms with E-state index in [1.54, 1.807) is 22.8 Å². The van der Waals surface area contributed by atoms with E-state index in [2.05, 4.69) is 29.5 Å². The standard InChI is InChI=1S/C20H27ClN4O3S/c1-4-5-9-22-19(28)24-17(26)12-29-20-23-16-11-14(21)6-7-15(16)18(27)25(20)10-8-13(2)3/h6-7,11,13H,4-5,8-10,12H2,1-3H3,(H2,22,24,26,28). The molecule has 0 spiro atoms. The summed E-state index contributed by atoms with van der Waals surface area (Å²) >= 11 is 7.17. The Morgan fingerprint density at radius 2 is 2.07 bits per heavy atom. The van der Waals surface area contributed by atoms with Crippen molar-refractivity contribution in [1.29, 1.82) is 0 Å². The number of carbonyl (C=O) groups is 2. The number of urea groups is 1. The van der Waals surface area contributed by atoms with Crippen molar-refractivity contribution < 1.29 is 9.59 Å². The third kappa shape index (κ3) is 7.04. The highest BCUT2D eigenvalue weighted by Gasteiger charge is 2.15. The van der Waals surface area contributed by atoms with Crippen molar-refractivity contribution in [2.24, 2.45) is 5.92 Å². The van der Waals surface area contributed by atoms with Crippen LogP contribution in [0.4, 0.5) is 4.79 Å². The second kappa shape index (κ2) is 11.2. The molecule has 3 amide bonds. The molecular weight excluding hydrogens is 412 g/mol. The van der Waals surface area contributed by atoms with Crippen LogP contribution in [-0.2, 0) is 11.3 Å². The van der Waals surface area contributed by atoms with E-state index in [4.69, 9.17) is 11.6 Å². The van der Waals surface area contributed by atoms with Crippen LogP contribution < -0.4 is 16.2 Å². The second-order valence-corrected chi connectivity index (χ2v) is 8.52. The lowest BCUT2D eigenvalue weighted by Gasteiger charge is -2.14. The number of benzene rings is 1. The lowest BCUT2D eigenvalue weighted by atomic mass is 10.1. The van der Waals surface area contributed by atoms with Gasteiger partial charge in [0.05, 0.1) is 16.7 Å². The van der Waals surface area contributed by atoms with Crippen LogP contribution in [0.3, 0.4) is 0 Å². The number of nitrogens with zero attached hydrogens (tertiary/aromatic N) is 2. The van der Waals surface area contributed by atoms with Crippen molar-refractivity contribution in [1.82, 2.24) is 20.2 Å². The first-order chi connectivity index (χ1) is 13.8. The fraction of sp³-hybridized carbons (Fsp3) is 0.500. The maximum atomic E-state index is 12.9. The quantitative estimate of drug-likeness (QED) is 0.352. The van der Waals surface area contributed by atoms with Crippen molar-refractivity contribution in [2.75, 3.05) is 12.3 Å². The first kappa shape index (κ1) is 23.2. The molecule has 2 rings (SSSR count). The predicted octanol–water partition coefficient (Wildman–Crippen LogP) is 3.81. The van der Waals surface area contributed by atoms with Gasteiger partial charge in [-0.05, 0) is 37.0 Å². The van der Waals surface area contributed by atoms with Gasteiger partial charge in [-0.15, -0.1) is 0 Å². The minimum absolute atomic E-state index is 0.0264. The first-order valence-electron chi connectivity index (χ1n) is 9.72. The van der Waals surface area contributed by atoms with Crippen LogP contribution >= 0.6 is 23.4 Å². The van der Waals surface area contributed by atoms with E-state index in [9.17, 15) is 14.4 Å². The summed E-state index contributed by atoms with van der Waals surface area (Å²) in [6.07, 6.45) is 2.61. The maximum absolute atomic E-state index is 12.9. The fourth-order valence-electron chi connectivity index (χ4n) is 2.58. The molecule has 0 aliphatic carbocycles. The molecule has 158 valence electrons. The molecule has 0 aliphatic rings. The molecule has 1 heterocycles. The number of halogens is 1. The average molecular weight is 439 g/mol. The minimum atomic E-state index is -0.514. The van der Waals surface area contributed by atoms with Gasteiger partial charge in [0.15, 0.2) is 5.16 Å². The molecular formula is C20H27ClN4O3S. The molecule has 29 heavy (non-hydrogen) atoms. The second-order valence-electron chi connectivity index (χ2n) is 7.14. The van der Waals surface area contributed by atoms with Gasteiger partial charge in [0.25, 0.3) is 5.56 Å². The van der Waals surface area contributed by atoms with E-state index < -0.39 is 11.9 Å². The monoisotopic (exact) mass is 438 g/mol. The maximum Gasteiger partial charge on any atom is 0.321 e. The molecule has 0 saturated heterocycles.